The molecule has 0 bridgehead atoms. The van der Waals surface area contributed by atoms with Crippen molar-refractivity contribution >= 4 is 21.6 Å². The third-order valence-electron chi connectivity index (χ3n) is 4.21. The molecule has 1 fully saturated rings. The third kappa shape index (κ3) is 5.53. The van der Waals surface area contributed by atoms with E-state index in [0.29, 0.717) is 31.1 Å². The zero-order valence-electron chi connectivity index (χ0n) is 13.9. The number of anilines is 1. The summed E-state index contributed by atoms with van der Waals surface area (Å²) in [5.74, 6) is 0.0225. The van der Waals surface area contributed by atoms with Crippen LogP contribution in [0.3, 0.4) is 0 Å². The Balaban J connectivity index is 1.88. The molecule has 2 rings (SSSR count). The fourth-order valence-electron chi connectivity index (χ4n) is 2.95. The molecule has 1 N–H and O–H groups in total. The zero-order valence-corrected chi connectivity index (χ0v) is 14.7. The maximum Gasteiger partial charge on any atom is 0.232 e. The molecule has 0 aliphatic heterocycles. The SMILES string of the molecule is Cc1ccc(N(CCCC(=O)NC2CCCC2)S(C)(=O)=O)cc1. The van der Waals surface area contributed by atoms with Gasteiger partial charge >= 0.3 is 0 Å². The van der Waals surface area contributed by atoms with Crippen LogP contribution in [0.15, 0.2) is 24.3 Å². The van der Waals surface area contributed by atoms with Crippen LogP contribution in [0, 0.1) is 6.92 Å². The normalized spacial score (nSPS) is 15.6. The van der Waals surface area contributed by atoms with E-state index in [9.17, 15) is 13.2 Å². The number of hydrogen-bond acceptors (Lipinski definition) is 3. The summed E-state index contributed by atoms with van der Waals surface area (Å²) < 4.78 is 25.4. The summed E-state index contributed by atoms with van der Waals surface area (Å²) in [5.41, 5.74) is 1.73. The van der Waals surface area contributed by atoms with Crippen LogP contribution in [0.4, 0.5) is 5.69 Å². The molecule has 6 heteroatoms. The molecular formula is C17H26N2O3S. The Morgan fingerprint density at radius 3 is 2.39 bits per heavy atom. The average Bonchev–Trinajstić information content (AvgIpc) is 2.96. The Bertz CT molecular complexity index is 620. The predicted octanol–water partition coefficient (Wildman–Crippen LogP) is 2.60. The van der Waals surface area contributed by atoms with Gasteiger partial charge in [-0.15, -0.1) is 0 Å². The van der Waals surface area contributed by atoms with Crippen molar-refractivity contribution in [1.82, 2.24) is 5.32 Å². The van der Waals surface area contributed by atoms with Gasteiger partial charge in [0.1, 0.15) is 0 Å². The summed E-state index contributed by atoms with van der Waals surface area (Å²) in [5, 5.41) is 3.03. The number of rotatable bonds is 7. The molecule has 1 aromatic carbocycles. The molecule has 0 unspecified atom stereocenters. The first-order valence-electron chi connectivity index (χ1n) is 8.20. The van der Waals surface area contributed by atoms with Crippen molar-refractivity contribution in [2.24, 2.45) is 0 Å². The smallest absolute Gasteiger partial charge is 0.232 e. The summed E-state index contributed by atoms with van der Waals surface area (Å²) in [6.07, 6.45) is 6.55. The highest BCUT2D eigenvalue weighted by Crippen LogP contribution is 2.20. The minimum absolute atomic E-state index is 0.0225. The molecule has 128 valence electrons. The molecule has 1 saturated carbocycles. The first kappa shape index (κ1) is 17.8. The Morgan fingerprint density at radius 2 is 1.83 bits per heavy atom. The van der Waals surface area contributed by atoms with Crippen molar-refractivity contribution in [3.8, 4) is 0 Å². The van der Waals surface area contributed by atoms with Gasteiger partial charge in [-0.2, -0.15) is 0 Å². The van der Waals surface area contributed by atoms with E-state index in [-0.39, 0.29) is 5.91 Å². The molecule has 0 saturated heterocycles. The van der Waals surface area contributed by atoms with Crippen LogP contribution in [0.5, 0.6) is 0 Å². The van der Waals surface area contributed by atoms with E-state index in [2.05, 4.69) is 5.32 Å². The lowest BCUT2D eigenvalue weighted by atomic mass is 10.2. The van der Waals surface area contributed by atoms with Crippen LogP contribution in [0.25, 0.3) is 0 Å². The lowest BCUT2D eigenvalue weighted by molar-refractivity contribution is -0.121. The average molecular weight is 338 g/mol. The highest BCUT2D eigenvalue weighted by molar-refractivity contribution is 7.92. The molecule has 0 radical (unpaired) electrons. The number of carbonyl (C=O) groups is 1. The topological polar surface area (TPSA) is 66.5 Å². The molecule has 1 aromatic rings. The summed E-state index contributed by atoms with van der Waals surface area (Å²) in [7, 11) is -3.35. The predicted molar refractivity (Wildman–Crippen MR) is 93.0 cm³/mol. The van der Waals surface area contributed by atoms with Gasteiger partial charge in [-0.25, -0.2) is 8.42 Å². The molecule has 1 amide bonds. The lowest BCUT2D eigenvalue weighted by Crippen LogP contribution is -2.34. The first-order chi connectivity index (χ1) is 10.9. The highest BCUT2D eigenvalue weighted by atomic mass is 32.2. The number of aryl methyl sites for hydroxylation is 1. The zero-order chi connectivity index (χ0) is 16.9. The van der Waals surface area contributed by atoms with Gasteiger partial charge in [-0.1, -0.05) is 30.5 Å². The van der Waals surface area contributed by atoms with Crippen molar-refractivity contribution in [3.63, 3.8) is 0 Å². The highest BCUT2D eigenvalue weighted by Gasteiger charge is 2.19. The second kappa shape index (κ2) is 7.81. The minimum Gasteiger partial charge on any atom is -0.353 e. The third-order valence-corrected chi connectivity index (χ3v) is 5.40. The number of carbonyl (C=O) groups excluding carboxylic acids is 1. The molecule has 0 atom stereocenters. The monoisotopic (exact) mass is 338 g/mol. The van der Waals surface area contributed by atoms with E-state index in [1.165, 1.54) is 23.4 Å². The number of nitrogens with one attached hydrogen (secondary N) is 1. The van der Waals surface area contributed by atoms with E-state index in [0.717, 1.165) is 18.4 Å². The summed E-state index contributed by atoms with van der Waals surface area (Å²) >= 11 is 0. The molecule has 0 heterocycles. The van der Waals surface area contributed by atoms with Crippen LogP contribution in [0.2, 0.25) is 0 Å². The Hall–Kier alpha value is -1.56. The number of amides is 1. The fourth-order valence-corrected chi connectivity index (χ4v) is 3.92. The fraction of sp³-hybridized carbons (Fsp3) is 0.588. The van der Waals surface area contributed by atoms with Crippen molar-refractivity contribution in [2.45, 2.75) is 51.5 Å². The van der Waals surface area contributed by atoms with Crippen molar-refractivity contribution in [1.29, 1.82) is 0 Å². The largest absolute Gasteiger partial charge is 0.353 e. The van der Waals surface area contributed by atoms with Crippen LogP contribution in [-0.4, -0.2) is 33.2 Å². The minimum atomic E-state index is -3.35. The van der Waals surface area contributed by atoms with Gasteiger partial charge in [0.25, 0.3) is 0 Å². The van der Waals surface area contributed by atoms with Gasteiger partial charge in [0.2, 0.25) is 15.9 Å². The Kier molecular flexibility index (Phi) is 6.04. The molecule has 1 aliphatic carbocycles. The van der Waals surface area contributed by atoms with Gasteiger partial charge in [0, 0.05) is 19.0 Å². The van der Waals surface area contributed by atoms with E-state index in [1.807, 2.05) is 19.1 Å². The maximum atomic E-state index is 12.0. The summed E-state index contributed by atoms with van der Waals surface area (Å²) in [4.78, 5) is 11.9. The van der Waals surface area contributed by atoms with Gasteiger partial charge < -0.3 is 5.32 Å². The number of benzene rings is 1. The van der Waals surface area contributed by atoms with E-state index in [1.54, 1.807) is 12.1 Å². The quantitative estimate of drug-likeness (QED) is 0.831. The van der Waals surface area contributed by atoms with Crippen molar-refractivity contribution < 1.29 is 13.2 Å². The summed E-state index contributed by atoms with van der Waals surface area (Å²) in [6, 6.07) is 7.69. The number of hydrogen-bond donors (Lipinski definition) is 1. The second-order valence-electron chi connectivity index (χ2n) is 6.32. The van der Waals surface area contributed by atoms with Gasteiger partial charge in [-0.05, 0) is 38.3 Å². The number of sulfonamides is 1. The van der Waals surface area contributed by atoms with Crippen molar-refractivity contribution in [2.75, 3.05) is 17.1 Å². The van der Waals surface area contributed by atoms with Gasteiger partial charge in [0.15, 0.2) is 0 Å². The van der Waals surface area contributed by atoms with E-state index in [4.69, 9.17) is 0 Å². The molecule has 0 spiro atoms. The van der Waals surface area contributed by atoms with Gasteiger partial charge in [-0.3, -0.25) is 9.10 Å². The maximum absolute atomic E-state index is 12.0. The van der Waals surface area contributed by atoms with Crippen LogP contribution < -0.4 is 9.62 Å². The molecule has 1 aliphatic rings. The van der Waals surface area contributed by atoms with Crippen molar-refractivity contribution in [3.05, 3.63) is 29.8 Å². The first-order valence-corrected chi connectivity index (χ1v) is 10.0. The molecule has 0 aromatic heterocycles. The standard InChI is InChI=1S/C17H26N2O3S/c1-14-9-11-16(12-10-14)19(23(2,21)22)13-5-8-17(20)18-15-6-3-4-7-15/h9-12,15H,3-8,13H2,1-2H3,(H,18,20). The lowest BCUT2D eigenvalue weighted by Gasteiger charge is -2.22. The second-order valence-corrected chi connectivity index (χ2v) is 8.23. The Labute approximate surface area is 139 Å². The van der Waals surface area contributed by atoms with Crippen LogP contribution >= 0.6 is 0 Å². The van der Waals surface area contributed by atoms with E-state index < -0.39 is 10.0 Å². The molecule has 5 nitrogen and oxygen atoms in total. The number of nitrogens with zero attached hydrogens (tertiary/aromatic N) is 1. The van der Waals surface area contributed by atoms with Crippen LogP contribution in [0.1, 0.15) is 44.1 Å². The Morgan fingerprint density at radius 1 is 1.22 bits per heavy atom. The molecular weight excluding hydrogens is 312 g/mol. The van der Waals surface area contributed by atoms with E-state index >= 15 is 0 Å². The summed E-state index contributed by atoms with van der Waals surface area (Å²) in [6.45, 7) is 2.28. The van der Waals surface area contributed by atoms with Crippen LogP contribution in [-0.2, 0) is 14.8 Å². The molecule has 23 heavy (non-hydrogen) atoms. The van der Waals surface area contributed by atoms with Gasteiger partial charge in [0.05, 0.1) is 11.9 Å².